The van der Waals surface area contributed by atoms with Crippen molar-refractivity contribution in [1.29, 1.82) is 0 Å². The van der Waals surface area contributed by atoms with Crippen LogP contribution in [0, 0.1) is 0 Å². The number of hydrogen-bond donors (Lipinski definition) is 1. The Morgan fingerprint density at radius 1 is 1.39 bits per heavy atom. The molecule has 0 spiro atoms. The van der Waals surface area contributed by atoms with Gasteiger partial charge in [0.2, 0.25) is 5.91 Å². The van der Waals surface area contributed by atoms with Crippen molar-refractivity contribution < 1.29 is 9.90 Å². The van der Waals surface area contributed by atoms with E-state index < -0.39 is 6.10 Å². The number of rotatable bonds is 3. The molecule has 0 radical (unpaired) electrons. The van der Waals surface area contributed by atoms with Gasteiger partial charge in [-0.3, -0.25) is 4.79 Å². The van der Waals surface area contributed by atoms with Crippen LogP contribution in [-0.4, -0.2) is 35.1 Å². The zero-order valence-corrected chi connectivity index (χ0v) is 10.8. The van der Waals surface area contributed by atoms with Gasteiger partial charge in [-0.1, -0.05) is 18.2 Å². The van der Waals surface area contributed by atoms with Crippen LogP contribution in [0.2, 0.25) is 0 Å². The molecular formula is C14H15NO2S. The quantitative estimate of drug-likeness (QED) is 0.918. The number of nitrogens with zero attached hydrogens (tertiary/aromatic N) is 1. The first-order valence-electron chi connectivity index (χ1n) is 6.15. The highest BCUT2D eigenvalue weighted by Gasteiger charge is 2.27. The fourth-order valence-electron chi connectivity index (χ4n) is 2.37. The Kier molecular flexibility index (Phi) is 3.06. The van der Waals surface area contributed by atoms with E-state index in [1.807, 2.05) is 12.1 Å². The number of β-amino-alcohol motifs (C(OH)–C–C–N with tert-alkyl or cyclic N) is 1. The van der Waals surface area contributed by atoms with Crippen molar-refractivity contribution in [3.63, 3.8) is 0 Å². The van der Waals surface area contributed by atoms with Crippen molar-refractivity contribution in [1.82, 2.24) is 4.90 Å². The van der Waals surface area contributed by atoms with E-state index in [2.05, 4.69) is 18.2 Å². The van der Waals surface area contributed by atoms with E-state index in [0.717, 1.165) is 6.42 Å². The highest BCUT2D eigenvalue weighted by Crippen LogP contribution is 2.26. The first kappa shape index (κ1) is 11.7. The average molecular weight is 261 g/mol. The monoisotopic (exact) mass is 261 g/mol. The second-order valence-corrected chi connectivity index (χ2v) is 5.87. The summed E-state index contributed by atoms with van der Waals surface area (Å²) in [5.41, 5.74) is 0. The smallest absolute Gasteiger partial charge is 0.225 e. The Bertz CT molecular complexity index is 545. The fourth-order valence-corrected chi connectivity index (χ4v) is 3.43. The molecule has 94 valence electrons. The third-order valence-corrected chi connectivity index (χ3v) is 4.47. The molecule has 0 aliphatic carbocycles. The van der Waals surface area contributed by atoms with Gasteiger partial charge in [0, 0.05) is 22.7 Å². The minimum atomic E-state index is -0.472. The van der Waals surface area contributed by atoms with Crippen LogP contribution in [-0.2, 0) is 11.2 Å². The minimum absolute atomic E-state index is 0.0728. The standard InChI is InChI=1S/C14H15NO2S/c16-11-8-14(17)15(9-11)6-5-12-7-10-3-1-2-4-13(10)18-12/h1-4,7,11,16H,5-6,8-9H2. The number of amides is 1. The van der Waals surface area contributed by atoms with Crippen molar-refractivity contribution in [3.8, 4) is 0 Å². The molecule has 1 aromatic heterocycles. The zero-order valence-electron chi connectivity index (χ0n) is 10.0. The summed E-state index contributed by atoms with van der Waals surface area (Å²) < 4.78 is 1.29. The lowest BCUT2D eigenvalue weighted by molar-refractivity contribution is -0.127. The maximum atomic E-state index is 11.5. The topological polar surface area (TPSA) is 40.5 Å². The molecule has 1 atom stereocenters. The van der Waals surface area contributed by atoms with Crippen LogP contribution >= 0.6 is 11.3 Å². The van der Waals surface area contributed by atoms with Crippen LogP contribution in [0.4, 0.5) is 0 Å². The molecule has 3 rings (SSSR count). The third kappa shape index (κ3) is 2.26. The number of likely N-dealkylation sites (tertiary alicyclic amines) is 1. The van der Waals surface area contributed by atoms with Crippen LogP contribution in [0.25, 0.3) is 10.1 Å². The lowest BCUT2D eigenvalue weighted by atomic mass is 10.2. The molecule has 3 nitrogen and oxygen atoms in total. The number of fused-ring (bicyclic) bond motifs is 1. The lowest BCUT2D eigenvalue weighted by Gasteiger charge is -2.14. The minimum Gasteiger partial charge on any atom is -0.391 e. The first-order chi connectivity index (χ1) is 8.72. The van der Waals surface area contributed by atoms with E-state index in [-0.39, 0.29) is 12.3 Å². The van der Waals surface area contributed by atoms with Gasteiger partial charge in [0.15, 0.2) is 0 Å². The maximum absolute atomic E-state index is 11.5. The van der Waals surface area contributed by atoms with Gasteiger partial charge in [-0.25, -0.2) is 0 Å². The number of carbonyl (C=O) groups excluding carboxylic acids is 1. The first-order valence-corrected chi connectivity index (χ1v) is 6.97. The van der Waals surface area contributed by atoms with Crippen molar-refractivity contribution in [2.45, 2.75) is 18.9 Å². The largest absolute Gasteiger partial charge is 0.391 e. The molecule has 1 unspecified atom stereocenters. The van der Waals surface area contributed by atoms with Gasteiger partial charge in [0.05, 0.1) is 12.5 Å². The van der Waals surface area contributed by atoms with Crippen LogP contribution in [0.3, 0.4) is 0 Å². The predicted octanol–water partition coefficient (Wildman–Crippen LogP) is 2.04. The predicted molar refractivity (Wildman–Crippen MR) is 72.7 cm³/mol. The molecule has 18 heavy (non-hydrogen) atoms. The summed E-state index contributed by atoms with van der Waals surface area (Å²) in [6.07, 6.45) is 0.685. The summed E-state index contributed by atoms with van der Waals surface area (Å²) in [6.45, 7) is 1.20. The Balaban J connectivity index is 1.68. The molecule has 2 heterocycles. The summed E-state index contributed by atoms with van der Waals surface area (Å²) in [5, 5.41) is 10.7. The van der Waals surface area contributed by atoms with Gasteiger partial charge in [0.25, 0.3) is 0 Å². The second kappa shape index (κ2) is 4.71. The van der Waals surface area contributed by atoms with Crippen molar-refractivity contribution in [2.75, 3.05) is 13.1 Å². The Hall–Kier alpha value is -1.39. The summed E-state index contributed by atoms with van der Waals surface area (Å²) in [4.78, 5) is 14.6. The molecule has 1 aliphatic heterocycles. The third-order valence-electron chi connectivity index (χ3n) is 3.30. The number of thiophene rings is 1. The van der Waals surface area contributed by atoms with Crippen molar-refractivity contribution in [3.05, 3.63) is 35.2 Å². The molecule has 1 aliphatic rings. The lowest BCUT2D eigenvalue weighted by Crippen LogP contribution is -2.27. The SMILES string of the molecule is O=C1CC(O)CN1CCc1cc2ccccc2s1. The van der Waals surface area contributed by atoms with Crippen molar-refractivity contribution in [2.24, 2.45) is 0 Å². The number of carbonyl (C=O) groups is 1. The molecule has 1 N–H and O–H groups in total. The highest BCUT2D eigenvalue weighted by molar-refractivity contribution is 7.19. The number of benzene rings is 1. The van der Waals surface area contributed by atoms with E-state index >= 15 is 0 Å². The summed E-state index contributed by atoms with van der Waals surface area (Å²) >= 11 is 1.78. The van der Waals surface area contributed by atoms with Gasteiger partial charge in [-0.2, -0.15) is 0 Å². The molecule has 1 saturated heterocycles. The second-order valence-electron chi connectivity index (χ2n) is 4.70. The van der Waals surface area contributed by atoms with Crippen LogP contribution < -0.4 is 0 Å². The van der Waals surface area contributed by atoms with E-state index in [0.29, 0.717) is 13.1 Å². The molecule has 1 aromatic carbocycles. The van der Waals surface area contributed by atoms with E-state index in [4.69, 9.17) is 0 Å². The van der Waals surface area contributed by atoms with Crippen LogP contribution in [0.15, 0.2) is 30.3 Å². The van der Waals surface area contributed by atoms with Gasteiger partial charge in [-0.05, 0) is 23.9 Å². The fraction of sp³-hybridized carbons (Fsp3) is 0.357. The normalized spacial score (nSPS) is 19.9. The molecule has 2 aromatic rings. The number of aliphatic hydroxyl groups excluding tert-OH is 1. The highest BCUT2D eigenvalue weighted by atomic mass is 32.1. The molecule has 1 amide bonds. The summed E-state index contributed by atoms with van der Waals surface area (Å²) in [6, 6.07) is 10.5. The van der Waals surface area contributed by atoms with Crippen LogP contribution in [0.5, 0.6) is 0 Å². The van der Waals surface area contributed by atoms with E-state index in [1.165, 1.54) is 15.0 Å². The van der Waals surface area contributed by atoms with Gasteiger partial charge in [-0.15, -0.1) is 11.3 Å². The average Bonchev–Trinajstić information content (AvgIpc) is 2.89. The number of hydrogen-bond acceptors (Lipinski definition) is 3. The van der Waals surface area contributed by atoms with E-state index in [1.54, 1.807) is 16.2 Å². The van der Waals surface area contributed by atoms with Gasteiger partial charge in [0.1, 0.15) is 0 Å². The zero-order chi connectivity index (χ0) is 12.5. The Morgan fingerprint density at radius 2 is 2.22 bits per heavy atom. The van der Waals surface area contributed by atoms with Gasteiger partial charge < -0.3 is 10.0 Å². The van der Waals surface area contributed by atoms with Gasteiger partial charge >= 0.3 is 0 Å². The Morgan fingerprint density at radius 3 is 2.94 bits per heavy atom. The van der Waals surface area contributed by atoms with Crippen LogP contribution in [0.1, 0.15) is 11.3 Å². The molecule has 0 bridgehead atoms. The summed E-state index contributed by atoms with van der Waals surface area (Å²) in [5.74, 6) is 0.0728. The maximum Gasteiger partial charge on any atom is 0.225 e. The molecule has 4 heteroatoms. The molecular weight excluding hydrogens is 246 g/mol. The van der Waals surface area contributed by atoms with Crippen molar-refractivity contribution >= 4 is 27.3 Å². The van der Waals surface area contributed by atoms with E-state index in [9.17, 15) is 9.90 Å². The number of aliphatic hydroxyl groups is 1. The molecule has 1 fully saturated rings. The molecule has 0 saturated carbocycles. The Labute approximate surface area is 110 Å². The summed E-state index contributed by atoms with van der Waals surface area (Å²) in [7, 11) is 0.